The summed E-state index contributed by atoms with van der Waals surface area (Å²) in [6.45, 7) is -0.410. The second kappa shape index (κ2) is 4.34. The number of rotatable bonds is 5. The molecule has 0 fully saturated rings. The molecule has 0 spiro atoms. The number of hydrogen-bond donors (Lipinski definition) is 3. The predicted molar refractivity (Wildman–Crippen MR) is 40.1 cm³/mol. The van der Waals surface area contributed by atoms with Crippen molar-refractivity contribution in [3.05, 3.63) is 10.1 Å². The summed E-state index contributed by atoms with van der Waals surface area (Å²) in [5.74, 6) is 0. The lowest BCUT2D eigenvalue weighted by Crippen LogP contribution is -2.46. The maximum atomic E-state index is 10.3. The minimum Gasteiger partial charge on any atom is -0.395 e. The van der Waals surface area contributed by atoms with Gasteiger partial charge in [-0.1, -0.05) is 0 Å². The molecule has 0 saturated carbocycles. The molecule has 0 bridgehead atoms. The van der Waals surface area contributed by atoms with Crippen LogP contribution in [0.15, 0.2) is 0 Å². The molecular formula is C6H13NO5. The maximum Gasteiger partial charge on any atom is 0.245 e. The van der Waals surface area contributed by atoms with E-state index in [0.717, 1.165) is 0 Å². The van der Waals surface area contributed by atoms with E-state index in [2.05, 4.69) is 0 Å². The van der Waals surface area contributed by atoms with Crippen molar-refractivity contribution in [3.8, 4) is 0 Å². The fraction of sp³-hybridized carbons (Fsp3) is 1.00. The molecule has 1 unspecified atom stereocenters. The van der Waals surface area contributed by atoms with Crippen molar-refractivity contribution in [2.75, 3.05) is 19.8 Å². The smallest absolute Gasteiger partial charge is 0.245 e. The fourth-order valence-electron chi connectivity index (χ4n) is 0.802. The highest BCUT2D eigenvalue weighted by molar-refractivity contribution is 4.80. The normalized spacial score (nSPS) is 14.3. The molecule has 0 radical (unpaired) electrons. The van der Waals surface area contributed by atoms with Crippen LogP contribution < -0.4 is 0 Å². The molecule has 6 nitrogen and oxygen atoms in total. The molecule has 0 saturated heterocycles. The topological polar surface area (TPSA) is 104 Å². The Hall–Kier alpha value is -0.720. The van der Waals surface area contributed by atoms with Gasteiger partial charge < -0.3 is 15.3 Å². The maximum absolute atomic E-state index is 10.3. The van der Waals surface area contributed by atoms with Gasteiger partial charge in [0.25, 0.3) is 0 Å². The third kappa shape index (κ3) is 2.13. The fourth-order valence-corrected chi connectivity index (χ4v) is 0.802. The lowest BCUT2D eigenvalue weighted by Gasteiger charge is -2.26. The van der Waals surface area contributed by atoms with Gasteiger partial charge in [-0.05, 0) is 6.92 Å². The largest absolute Gasteiger partial charge is 0.395 e. The summed E-state index contributed by atoms with van der Waals surface area (Å²) in [4.78, 5) is 9.62. The van der Waals surface area contributed by atoms with Crippen LogP contribution in [0.3, 0.4) is 0 Å². The summed E-state index contributed by atoms with van der Waals surface area (Å²) in [7, 11) is 0. The van der Waals surface area contributed by atoms with Gasteiger partial charge in [0.05, 0.1) is 18.6 Å². The molecule has 0 heterocycles. The molecule has 0 amide bonds. The van der Waals surface area contributed by atoms with Gasteiger partial charge >= 0.3 is 0 Å². The Kier molecular flexibility index (Phi) is 4.08. The van der Waals surface area contributed by atoms with Gasteiger partial charge in [-0.15, -0.1) is 0 Å². The molecule has 6 heteroatoms. The Morgan fingerprint density at radius 1 is 1.42 bits per heavy atom. The Morgan fingerprint density at radius 2 is 1.83 bits per heavy atom. The summed E-state index contributed by atoms with van der Waals surface area (Å²) >= 11 is 0. The van der Waals surface area contributed by atoms with Crippen molar-refractivity contribution in [2.24, 2.45) is 5.41 Å². The van der Waals surface area contributed by atoms with E-state index >= 15 is 0 Å². The molecule has 12 heavy (non-hydrogen) atoms. The van der Waals surface area contributed by atoms with Crippen LogP contribution in [-0.2, 0) is 0 Å². The van der Waals surface area contributed by atoms with Crippen LogP contribution in [0.2, 0.25) is 0 Å². The molecular weight excluding hydrogens is 166 g/mol. The first-order chi connectivity index (χ1) is 5.51. The molecule has 72 valence electrons. The highest BCUT2D eigenvalue weighted by Gasteiger charge is 2.41. The van der Waals surface area contributed by atoms with E-state index in [-0.39, 0.29) is 0 Å². The van der Waals surface area contributed by atoms with Crippen LogP contribution in [0.1, 0.15) is 6.92 Å². The first kappa shape index (κ1) is 11.3. The zero-order valence-corrected chi connectivity index (χ0v) is 6.80. The van der Waals surface area contributed by atoms with Gasteiger partial charge in [-0.25, -0.2) is 0 Å². The van der Waals surface area contributed by atoms with Crippen LogP contribution in [0.25, 0.3) is 0 Å². The second-order valence-electron chi connectivity index (χ2n) is 2.95. The van der Waals surface area contributed by atoms with E-state index in [1.54, 1.807) is 0 Å². The predicted octanol–water partition coefficient (Wildman–Crippen LogP) is -1.39. The Labute approximate surface area is 69.6 Å². The Balaban J connectivity index is 4.54. The van der Waals surface area contributed by atoms with Crippen LogP contribution >= 0.6 is 0 Å². The summed E-state index contributed by atoms with van der Waals surface area (Å²) in [6.07, 6.45) is 0. The highest BCUT2D eigenvalue weighted by Crippen LogP contribution is 2.21. The van der Waals surface area contributed by atoms with E-state index in [9.17, 15) is 10.1 Å². The van der Waals surface area contributed by atoms with Gasteiger partial charge in [-0.3, -0.25) is 10.1 Å². The minimum atomic E-state index is -1.33. The number of aliphatic hydroxyl groups excluding tert-OH is 3. The summed E-state index contributed by atoms with van der Waals surface area (Å²) < 4.78 is 0. The van der Waals surface area contributed by atoms with Crippen LogP contribution in [0.4, 0.5) is 0 Å². The van der Waals surface area contributed by atoms with Crippen molar-refractivity contribution in [1.29, 1.82) is 0 Å². The van der Waals surface area contributed by atoms with Gasteiger partial charge in [-0.2, -0.15) is 0 Å². The molecule has 0 aliphatic rings. The van der Waals surface area contributed by atoms with Crippen molar-refractivity contribution in [1.82, 2.24) is 0 Å². The third-order valence-electron chi connectivity index (χ3n) is 1.95. The van der Waals surface area contributed by atoms with E-state index in [4.69, 9.17) is 15.3 Å². The van der Waals surface area contributed by atoms with Crippen molar-refractivity contribution in [2.45, 2.75) is 13.0 Å². The Morgan fingerprint density at radius 3 is 1.92 bits per heavy atom. The van der Waals surface area contributed by atoms with Gasteiger partial charge in [0.2, 0.25) is 6.04 Å². The monoisotopic (exact) mass is 179 g/mol. The lowest BCUT2D eigenvalue weighted by molar-refractivity contribution is -0.547. The third-order valence-corrected chi connectivity index (χ3v) is 1.95. The van der Waals surface area contributed by atoms with Crippen LogP contribution in [-0.4, -0.2) is 46.1 Å². The van der Waals surface area contributed by atoms with Crippen LogP contribution in [0, 0.1) is 15.5 Å². The van der Waals surface area contributed by atoms with Crippen molar-refractivity contribution >= 4 is 0 Å². The number of nitrogens with zero attached hydrogens (tertiary/aromatic N) is 1. The molecule has 3 N–H and O–H groups in total. The average Bonchev–Trinajstić information content (AvgIpc) is 2.04. The molecule has 0 aliphatic heterocycles. The van der Waals surface area contributed by atoms with Gasteiger partial charge in [0.15, 0.2) is 0 Å². The van der Waals surface area contributed by atoms with E-state index in [1.165, 1.54) is 6.92 Å². The zero-order chi connectivity index (χ0) is 9.78. The lowest BCUT2D eigenvalue weighted by atomic mass is 9.85. The second-order valence-corrected chi connectivity index (χ2v) is 2.95. The standard InChI is InChI=1S/C6H13NO5/c1-6(3-9,4-10)5(2-8)7(11)12/h5,8-10H,2-4H2,1H3. The van der Waals surface area contributed by atoms with Gasteiger partial charge in [0, 0.05) is 4.92 Å². The van der Waals surface area contributed by atoms with E-state index in [1.807, 2.05) is 0 Å². The van der Waals surface area contributed by atoms with E-state index < -0.39 is 36.2 Å². The van der Waals surface area contributed by atoms with Crippen LogP contribution in [0.5, 0.6) is 0 Å². The first-order valence-electron chi connectivity index (χ1n) is 3.48. The van der Waals surface area contributed by atoms with Gasteiger partial charge in [0.1, 0.15) is 6.61 Å². The highest BCUT2D eigenvalue weighted by atomic mass is 16.6. The SMILES string of the molecule is CC(CO)(CO)C(CO)[N+](=O)[O-]. The summed E-state index contributed by atoms with van der Waals surface area (Å²) in [5.41, 5.74) is -1.27. The molecule has 0 aromatic heterocycles. The number of nitro groups is 1. The zero-order valence-electron chi connectivity index (χ0n) is 6.80. The van der Waals surface area contributed by atoms with E-state index in [0.29, 0.717) is 0 Å². The molecule has 0 aliphatic carbocycles. The molecule has 1 atom stereocenters. The summed E-state index contributed by atoms with van der Waals surface area (Å²) in [6, 6.07) is -1.33. The molecule has 0 aromatic carbocycles. The van der Waals surface area contributed by atoms with Crippen molar-refractivity contribution in [3.63, 3.8) is 0 Å². The number of aliphatic hydroxyl groups is 3. The molecule has 0 rings (SSSR count). The quantitative estimate of drug-likeness (QED) is 0.356. The van der Waals surface area contributed by atoms with Crippen molar-refractivity contribution < 1.29 is 20.2 Å². The minimum absolute atomic E-state index is 0.532. The molecule has 0 aromatic rings. The average molecular weight is 179 g/mol. The first-order valence-corrected chi connectivity index (χ1v) is 3.48. The summed E-state index contributed by atoms with van der Waals surface area (Å²) in [5, 5.41) is 36.5. The number of hydrogen-bond acceptors (Lipinski definition) is 5. The Bertz CT molecular complexity index is 156.